The molecule has 3 heteroatoms. The number of aromatic nitrogens is 1. The minimum Gasteiger partial charge on any atom is -0.356 e. The summed E-state index contributed by atoms with van der Waals surface area (Å²) in [5, 5.41) is 3.03. The molecule has 1 amide bonds. The summed E-state index contributed by atoms with van der Waals surface area (Å²) >= 11 is 0. The van der Waals surface area contributed by atoms with E-state index < -0.39 is 0 Å². The Kier molecular flexibility index (Phi) is 4.54. The van der Waals surface area contributed by atoms with Crippen LogP contribution >= 0.6 is 0 Å². The Labute approximate surface area is 103 Å². The van der Waals surface area contributed by atoms with Crippen LogP contribution in [0.1, 0.15) is 37.8 Å². The molecular formula is C14H20N2O. The second-order valence-corrected chi connectivity index (χ2v) is 4.70. The highest BCUT2D eigenvalue weighted by atomic mass is 16.1. The van der Waals surface area contributed by atoms with Crippen LogP contribution in [0, 0.1) is 5.92 Å². The highest BCUT2D eigenvalue weighted by molar-refractivity contribution is 5.78. The van der Waals surface area contributed by atoms with E-state index in [2.05, 4.69) is 10.3 Å². The summed E-state index contributed by atoms with van der Waals surface area (Å²) in [5.74, 6) is 0.536. The lowest BCUT2D eigenvalue weighted by atomic mass is 10.1. The third-order valence-corrected chi connectivity index (χ3v) is 3.36. The van der Waals surface area contributed by atoms with E-state index >= 15 is 0 Å². The number of hydrogen-bond acceptors (Lipinski definition) is 2. The minimum absolute atomic E-state index is 0.253. The number of rotatable bonds is 5. The summed E-state index contributed by atoms with van der Waals surface area (Å²) in [7, 11) is 0. The van der Waals surface area contributed by atoms with Gasteiger partial charge in [-0.15, -0.1) is 0 Å². The SMILES string of the molecule is O=C(NCCCc1ccccn1)C1CCCC1. The zero-order valence-electron chi connectivity index (χ0n) is 10.2. The molecule has 0 spiro atoms. The zero-order valence-corrected chi connectivity index (χ0v) is 10.2. The standard InChI is InChI=1S/C14H20N2O/c17-14(12-6-1-2-7-12)16-11-5-9-13-8-3-4-10-15-13/h3-4,8,10,12H,1-2,5-7,9,11H2,(H,16,17). The van der Waals surface area contributed by atoms with Crippen molar-refractivity contribution in [2.45, 2.75) is 38.5 Å². The average Bonchev–Trinajstić information content (AvgIpc) is 2.89. The molecule has 0 aromatic carbocycles. The lowest BCUT2D eigenvalue weighted by Crippen LogP contribution is -2.30. The number of nitrogens with one attached hydrogen (secondary N) is 1. The van der Waals surface area contributed by atoms with E-state index in [-0.39, 0.29) is 11.8 Å². The number of pyridine rings is 1. The second kappa shape index (κ2) is 6.38. The van der Waals surface area contributed by atoms with Crippen LogP contribution in [0.3, 0.4) is 0 Å². The molecule has 0 saturated heterocycles. The summed E-state index contributed by atoms with van der Waals surface area (Å²) in [6, 6.07) is 5.95. The Hall–Kier alpha value is -1.38. The van der Waals surface area contributed by atoms with E-state index in [9.17, 15) is 4.79 Å². The van der Waals surface area contributed by atoms with Crippen LogP contribution in [0.4, 0.5) is 0 Å². The molecule has 0 bridgehead atoms. The van der Waals surface area contributed by atoms with Gasteiger partial charge in [0, 0.05) is 24.4 Å². The smallest absolute Gasteiger partial charge is 0.223 e. The van der Waals surface area contributed by atoms with E-state index in [0.717, 1.165) is 37.9 Å². The maximum Gasteiger partial charge on any atom is 0.223 e. The number of carbonyl (C=O) groups excluding carboxylic acids is 1. The first kappa shape index (κ1) is 12.1. The highest BCUT2D eigenvalue weighted by Crippen LogP contribution is 2.24. The average molecular weight is 232 g/mol. The molecule has 1 aliphatic rings. The first-order valence-corrected chi connectivity index (χ1v) is 6.54. The van der Waals surface area contributed by atoms with Gasteiger partial charge in [0.2, 0.25) is 5.91 Å². The Bertz CT molecular complexity index is 344. The maximum absolute atomic E-state index is 11.7. The van der Waals surface area contributed by atoms with Crippen molar-refractivity contribution in [3.8, 4) is 0 Å². The fraction of sp³-hybridized carbons (Fsp3) is 0.571. The topological polar surface area (TPSA) is 42.0 Å². The number of aryl methyl sites for hydroxylation is 1. The second-order valence-electron chi connectivity index (χ2n) is 4.70. The molecule has 0 unspecified atom stereocenters. The van der Waals surface area contributed by atoms with E-state index in [4.69, 9.17) is 0 Å². The minimum atomic E-state index is 0.253. The molecule has 3 nitrogen and oxygen atoms in total. The third kappa shape index (κ3) is 3.84. The molecule has 1 aromatic rings. The molecular weight excluding hydrogens is 212 g/mol. The molecule has 2 rings (SSSR count). The van der Waals surface area contributed by atoms with Gasteiger partial charge >= 0.3 is 0 Å². The van der Waals surface area contributed by atoms with Gasteiger partial charge in [0.15, 0.2) is 0 Å². The largest absolute Gasteiger partial charge is 0.356 e. The fourth-order valence-electron chi connectivity index (χ4n) is 2.36. The molecule has 1 heterocycles. The summed E-state index contributed by atoms with van der Waals surface area (Å²) in [4.78, 5) is 16.0. The van der Waals surface area contributed by atoms with Crippen molar-refractivity contribution in [2.24, 2.45) is 5.92 Å². The molecule has 1 fully saturated rings. The Morgan fingerprint density at radius 3 is 2.88 bits per heavy atom. The van der Waals surface area contributed by atoms with Crippen LogP contribution in [-0.4, -0.2) is 17.4 Å². The Morgan fingerprint density at radius 1 is 1.35 bits per heavy atom. The van der Waals surface area contributed by atoms with Crippen molar-refractivity contribution in [3.05, 3.63) is 30.1 Å². The van der Waals surface area contributed by atoms with Crippen molar-refractivity contribution < 1.29 is 4.79 Å². The van der Waals surface area contributed by atoms with Crippen LogP contribution in [0.5, 0.6) is 0 Å². The van der Waals surface area contributed by atoms with Gasteiger partial charge in [0.05, 0.1) is 0 Å². The van der Waals surface area contributed by atoms with Gasteiger partial charge < -0.3 is 5.32 Å². The monoisotopic (exact) mass is 232 g/mol. The summed E-state index contributed by atoms with van der Waals surface area (Å²) in [6.07, 6.45) is 8.30. The van der Waals surface area contributed by atoms with Crippen molar-refractivity contribution in [3.63, 3.8) is 0 Å². The third-order valence-electron chi connectivity index (χ3n) is 3.36. The molecule has 17 heavy (non-hydrogen) atoms. The van der Waals surface area contributed by atoms with Gasteiger partial charge in [0.1, 0.15) is 0 Å². The summed E-state index contributed by atoms with van der Waals surface area (Å²) in [6.45, 7) is 0.770. The van der Waals surface area contributed by atoms with Crippen LogP contribution < -0.4 is 5.32 Å². The molecule has 1 saturated carbocycles. The predicted octanol–water partition coefficient (Wildman–Crippen LogP) is 2.32. The first-order valence-electron chi connectivity index (χ1n) is 6.54. The molecule has 92 valence electrons. The Morgan fingerprint density at radius 2 is 2.18 bits per heavy atom. The number of nitrogens with zero attached hydrogens (tertiary/aromatic N) is 1. The van der Waals surface area contributed by atoms with Crippen LogP contribution in [0.15, 0.2) is 24.4 Å². The maximum atomic E-state index is 11.7. The summed E-state index contributed by atoms with van der Waals surface area (Å²) in [5.41, 5.74) is 1.10. The fourth-order valence-corrected chi connectivity index (χ4v) is 2.36. The van der Waals surface area contributed by atoms with E-state index in [1.807, 2.05) is 24.4 Å². The van der Waals surface area contributed by atoms with Gasteiger partial charge in [-0.3, -0.25) is 9.78 Å². The molecule has 1 aromatic heterocycles. The van der Waals surface area contributed by atoms with Gasteiger partial charge in [-0.1, -0.05) is 18.9 Å². The first-order chi connectivity index (χ1) is 8.36. The van der Waals surface area contributed by atoms with Gasteiger partial charge in [-0.25, -0.2) is 0 Å². The number of hydrogen-bond donors (Lipinski definition) is 1. The summed E-state index contributed by atoms with van der Waals surface area (Å²) < 4.78 is 0. The van der Waals surface area contributed by atoms with Crippen molar-refractivity contribution in [1.82, 2.24) is 10.3 Å². The molecule has 1 N–H and O–H groups in total. The lowest BCUT2D eigenvalue weighted by molar-refractivity contribution is -0.124. The number of amides is 1. The Balaban J connectivity index is 1.61. The van der Waals surface area contributed by atoms with Crippen molar-refractivity contribution >= 4 is 5.91 Å². The predicted molar refractivity (Wildman–Crippen MR) is 67.5 cm³/mol. The van der Waals surface area contributed by atoms with Crippen molar-refractivity contribution in [1.29, 1.82) is 0 Å². The lowest BCUT2D eigenvalue weighted by Gasteiger charge is -2.09. The quantitative estimate of drug-likeness (QED) is 0.792. The van der Waals surface area contributed by atoms with Gasteiger partial charge in [-0.2, -0.15) is 0 Å². The highest BCUT2D eigenvalue weighted by Gasteiger charge is 2.21. The van der Waals surface area contributed by atoms with Crippen molar-refractivity contribution in [2.75, 3.05) is 6.54 Å². The van der Waals surface area contributed by atoms with Crippen LogP contribution in [0.25, 0.3) is 0 Å². The molecule has 1 aliphatic carbocycles. The molecule has 0 atom stereocenters. The molecule has 0 radical (unpaired) electrons. The molecule has 0 aliphatic heterocycles. The van der Waals surface area contributed by atoms with Gasteiger partial charge in [-0.05, 0) is 37.8 Å². The van der Waals surface area contributed by atoms with E-state index in [0.29, 0.717) is 0 Å². The van der Waals surface area contributed by atoms with Crippen LogP contribution in [0.2, 0.25) is 0 Å². The normalized spacial score (nSPS) is 16.0. The van der Waals surface area contributed by atoms with Gasteiger partial charge in [0.25, 0.3) is 0 Å². The zero-order chi connectivity index (χ0) is 11.9. The van der Waals surface area contributed by atoms with E-state index in [1.54, 1.807) is 0 Å². The number of carbonyl (C=O) groups is 1. The van der Waals surface area contributed by atoms with Crippen LogP contribution in [-0.2, 0) is 11.2 Å². The van der Waals surface area contributed by atoms with E-state index in [1.165, 1.54) is 12.8 Å².